The van der Waals surface area contributed by atoms with Crippen molar-refractivity contribution < 1.29 is 22.8 Å². The third-order valence-corrected chi connectivity index (χ3v) is 5.61. The molecule has 0 bridgehead atoms. The van der Waals surface area contributed by atoms with Crippen LogP contribution < -0.4 is 19.5 Å². The number of rotatable bonds is 6. The molecule has 1 unspecified atom stereocenters. The van der Waals surface area contributed by atoms with E-state index in [1.807, 2.05) is 0 Å². The van der Waals surface area contributed by atoms with Crippen LogP contribution in [0.1, 0.15) is 12.8 Å². The summed E-state index contributed by atoms with van der Waals surface area (Å²) < 4.78 is 38.0. The molecule has 0 radical (unpaired) electrons. The quantitative estimate of drug-likeness (QED) is 0.547. The van der Waals surface area contributed by atoms with Crippen LogP contribution in [0.2, 0.25) is 0 Å². The molecule has 1 atom stereocenters. The van der Waals surface area contributed by atoms with Gasteiger partial charge in [-0.2, -0.15) is 0 Å². The highest BCUT2D eigenvalue weighted by Gasteiger charge is 2.30. The number of fused-ring (bicyclic) bond motifs is 1. The third-order valence-electron chi connectivity index (χ3n) is 4.12. The van der Waals surface area contributed by atoms with Crippen LogP contribution in [0.5, 0.6) is 11.5 Å². The average Bonchev–Trinajstić information content (AvgIpc) is 3.06. The first kappa shape index (κ1) is 19.7. The fraction of sp³-hybridized carbons (Fsp3) is 0.571. The molecule has 0 aliphatic carbocycles. The lowest BCUT2D eigenvalue weighted by atomic mass is 10.1. The Labute approximate surface area is 151 Å². The third kappa shape index (κ3) is 4.51. The van der Waals surface area contributed by atoms with Gasteiger partial charge in [-0.25, -0.2) is 13.1 Å². The topological polar surface area (TPSA) is 120 Å². The second-order valence-corrected chi connectivity index (χ2v) is 7.50. The monoisotopic (exact) mass is 393 g/mol. The number of nitro benzene ring substituents is 1. The number of ether oxygens (including phenoxy) is 2. The van der Waals surface area contributed by atoms with E-state index in [9.17, 15) is 18.5 Å². The summed E-state index contributed by atoms with van der Waals surface area (Å²) in [5, 5.41) is 14.5. The standard InChI is InChI=1S/C14H19N3O6S.ClH/c18-17(19)11-7-12-13(23-6-5-22-12)8-14(11)24(20,21)16-4-2-10-1-3-15-9-10;/h7-8,10,15-16H,1-6,9H2;1H. The Kier molecular flexibility index (Phi) is 6.44. The normalized spacial score (nSPS) is 19.3. The minimum absolute atomic E-state index is 0. The lowest BCUT2D eigenvalue weighted by molar-refractivity contribution is -0.388. The van der Waals surface area contributed by atoms with E-state index >= 15 is 0 Å². The van der Waals surface area contributed by atoms with Gasteiger partial charge in [0.15, 0.2) is 16.4 Å². The molecule has 1 saturated heterocycles. The molecule has 140 valence electrons. The lowest BCUT2D eigenvalue weighted by Gasteiger charge is -2.19. The molecular formula is C14H20ClN3O6S. The summed E-state index contributed by atoms with van der Waals surface area (Å²) in [6, 6.07) is 2.26. The molecule has 2 aliphatic heterocycles. The SMILES string of the molecule is Cl.O=[N+]([O-])c1cc2c(cc1S(=O)(=O)NCCC1CCNC1)OCCO2. The number of benzene rings is 1. The summed E-state index contributed by atoms with van der Waals surface area (Å²) in [7, 11) is -4.01. The molecule has 0 amide bonds. The van der Waals surface area contributed by atoms with Crippen molar-refractivity contribution in [1.82, 2.24) is 10.0 Å². The minimum Gasteiger partial charge on any atom is -0.486 e. The second-order valence-electron chi connectivity index (χ2n) is 5.77. The smallest absolute Gasteiger partial charge is 0.293 e. The number of hydrogen-bond acceptors (Lipinski definition) is 7. The number of nitro groups is 1. The first-order chi connectivity index (χ1) is 11.5. The zero-order chi connectivity index (χ0) is 17.2. The summed E-state index contributed by atoms with van der Waals surface area (Å²) in [6.45, 7) is 2.58. The van der Waals surface area contributed by atoms with Gasteiger partial charge >= 0.3 is 0 Å². The predicted molar refractivity (Wildman–Crippen MR) is 92.1 cm³/mol. The Morgan fingerprint density at radius 1 is 1.28 bits per heavy atom. The van der Waals surface area contributed by atoms with Crippen LogP contribution in [-0.4, -0.2) is 46.2 Å². The molecule has 9 nitrogen and oxygen atoms in total. The van der Waals surface area contributed by atoms with Crippen molar-refractivity contribution >= 4 is 28.1 Å². The van der Waals surface area contributed by atoms with E-state index in [2.05, 4.69) is 10.0 Å². The molecule has 3 rings (SSSR count). The van der Waals surface area contributed by atoms with Crippen molar-refractivity contribution in [2.45, 2.75) is 17.7 Å². The van der Waals surface area contributed by atoms with Gasteiger partial charge in [0, 0.05) is 12.6 Å². The van der Waals surface area contributed by atoms with Crippen molar-refractivity contribution in [3.8, 4) is 11.5 Å². The van der Waals surface area contributed by atoms with Crippen LogP contribution in [0.3, 0.4) is 0 Å². The Balaban J connectivity index is 0.00000225. The first-order valence-electron chi connectivity index (χ1n) is 7.76. The molecule has 2 heterocycles. The zero-order valence-electron chi connectivity index (χ0n) is 13.4. The molecule has 1 fully saturated rings. The van der Waals surface area contributed by atoms with Crippen molar-refractivity contribution in [1.29, 1.82) is 0 Å². The molecule has 1 aromatic carbocycles. The Hall–Kier alpha value is -1.62. The van der Waals surface area contributed by atoms with Gasteiger partial charge in [-0.3, -0.25) is 10.1 Å². The molecule has 0 saturated carbocycles. The summed E-state index contributed by atoms with van der Waals surface area (Å²) in [6.07, 6.45) is 1.69. The van der Waals surface area contributed by atoms with E-state index in [-0.39, 0.29) is 43.7 Å². The summed E-state index contributed by atoms with van der Waals surface area (Å²) in [4.78, 5) is 10.1. The molecule has 25 heavy (non-hydrogen) atoms. The average molecular weight is 394 g/mol. The minimum atomic E-state index is -4.01. The van der Waals surface area contributed by atoms with Gasteiger partial charge in [-0.05, 0) is 31.8 Å². The summed E-state index contributed by atoms with van der Waals surface area (Å²) in [5.74, 6) is 0.805. The van der Waals surface area contributed by atoms with E-state index in [1.165, 1.54) is 0 Å². The van der Waals surface area contributed by atoms with Gasteiger partial charge < -0.3 is 14.8 Å². The van der Waals surface area contributed by atoms with Gasteiger partial charge in [0.1, 0.15) is 13.2 Å². The molecular weight excluding hydrogens is 374 g/mol. The second kappa shape index (κ2) is 8.17. The van der Waals surface area contributed by atoms with E-state index < -0.39 is 25.5 Å². The van der Waals surface area contributed by atoms with Crippen LogP contribution in [0.15, 0.2) is 17.0 Å². The van der Waals surface area contributed by atoms with Crippen LogP contribution in [0.25, 0.3) is 0 Å². The van der Waals surface area contributed by atoms with Crippen molar-refractivity contribution in [2.75, 3.05) is 32.8 Å². The van der Waals surface area contributed by atoms with Gasteiger partial charge in [-0.1, -0.05) is 0 Å². The fourth-order valence-corrected chi connectivity index (χ4v) is 4.07. The number of halogens is 1. The Morgan fingerprint density at radius 3 is 2.56 bits per heavy atom. The Bertz CT molecular complexity index is 736. The lowest BCUT2D eigenvalue weighted by Crippen LogP contribution is -2.27. The summed E-state index contributed by atoms with van der Waals surface area (Å²) in [5.41, 5.74) is -0.519. The van der Waals surface area contributed by atoms with Crippen LogP contribution in [0, 0.1) is 16.0 Å². The van der Waals surface area contributed by atoms with Crippen LogP contribution >= 0.6 is 12.4 Å². The summed E-state index contributed by atoms with van der Waals surface area (Å²) >= 11 is 0. The maximum atomic E-state index is 12.5. The van der Waals surface area contributed by atoms with Gasteiger partial charge in [0.25, 0.3) is 5.69 Å². The van der Waals surface area contributed by atoms with Crippen molar-refractivity contribution in [2.24, 2.45) is 5.92 Å². The number of nitrogens with one attached hydrogen (secondary N) is 2. The van der Waals surface area contributed by atoms with E-state index in [1.54, 1.807) is 0 Å². The van der Waals surface area contributed by atoms with E-state index in [4.69, 9.17) is 9.47 Å². The van der Waals surface area contributed by atoms with E-state index in [0.29, 0.717) is 12.3 Å². The molecule has 2 N–H and O–H groups in total. The van der Waals surface area contributed by atoms with Gasteiger partial charge in [0.2, 0.25) is 10.0 Å². The van der Waals surface area contributed by atoms with Crippen molar-refractivity contribution in [3.63, 3.8) is 0 Å². The number of hydrogen-bond donors (Lipinski definition) is 2. The fourth-order valence-electron chi connectivity index (χ4n) is 2.85. The molecule has 0 spiro atoms. The number of nitrogens with zero attached hydrogens (tertiary/aromatic N) is 1. The predicted octanol–water partition coefficient (Wildman–Crippen LogP) is 1.07. The van der Waals surface area contributed by atoms with Crippen molar-refractivity contribution in [3.05, 3.63) is 22.2 Å². The Morgan fingerprint density at radius 2 is 1.96 bits per heavy atom. The highest BCUT2D eigenvalue weighted by atomic mass is 35.5. The van der Waals surface area contributed by atoms with Gasteiger partial charge in [0.05, 0.1) is 11.0 Å². The van der Waals surface area contributed by atoms with Gasteiger partial charge in [-0.15, -0.1) is 12.4 Å². The highest BCUT2D eigenvalue weighted by Crippen LogP contribution is 2.38. The maximum absolute atomic E-state index is 12.5. The number of sulfonamides is 1. The molecule has 11 heteroatoms. The molecule has 1 aromatic rings. The van der Waals surface area contributed by atoms with E-state index in [0.717, 1.165) is 31.6 Å². The van der Waals surface area contributed by atoms with Crippen LogP contribution in [0.4, 0.5) is 5.69 Å². The van der Waals surface area contributed by atoms with Crippen LogP contribution in [-0.2, 0) is 10.0 Å². The first-order valence-corrected chi connectivity index (χ1v) is 9.24. The molecule has 2 aliphatic rings. The zero-order valence-corrected chi connectivity index (χ0v) is 15.0. The highest BCUT2D eigenvalue weighted by molar-refractivity contribution is 7.89. The molecule has 0 aromatic heterocycles. The maximum Gasteiger partial charge on any atom is 0.293 e. The largest absolute Gasteiger partial charge is 0.486 e.